The Kier molecular flexibility index (Phi) is 9.73. The zero-order valence-corrected chi connectivity index (χ0v) is 26.9. The predicted octanol–water partition coefficient (Wildman–Crippen LogP) is 2.13. The van der Waals surface area contributed by atoms with Crippen molar-refractivity contribution < 1.29 is 37.0 Å². The van der Waals surface area contributed by atoms with E-state index in [1.54, 1.807) is 6.07 Å². The van der Waals surface area contributed by atoms with Gasteiger partial charge in [0.2, 0.25) is 0 Å². The van der Waals surface area contributed by atoms with Gasteiger partial charge in [-0.05, 0) is 31.2 Å². The molecule has 4 aromatic rings. The molecule has 2 aliphatic heterocycles. The summed E-state index contributed by atoms with van der Waals surface area (Å²) in [6.45, 7) is 2.50. The summed E-state index contributed by atoms with van der Waals surface area (Å²) in [5.74, 6) is -2.60. The summed E-state index contributed by atoms with van der Waals surface area (Å²) in [4.78, 5) is 49.2. The maximum atomic E-state index is 13.9. The van der Waals surface area contributed by atoms with E-state index < -0.39 is 35.9 Å². The van der Waals surface area contributed by atoms with E-state index in [-0.39, 0.29) is 59.0 Å². The molecule has 0 bridgehead atoms. The standard InChI is InChI=1S/C30H32ClF3N10O5/c1-48-11-10-42-15-20(24(40-42)30(32,33)34)22-14-38-27-26(37-6-7-44(22)27)39-17-2-3-19(21(31)12-17)28(46)41-8-9-43(18-4-5-36-13-18)23(16-41)49-29(47)25(35)45/h2-3,6-7,12,14-15,18,23,36H,4-5,8-11,13,16H2,1H3,(H2,35,45)(H,37,39)/t18-,23?/m0/s1. The zero-order chi connectivity index (χ0) is 34.9. The lowest BCUT2D eigenvalue weighted by molar-refractivity contribution is -0.171. The summed E-state index contributed by atoms with van der Waals surface area (Å²) >= 11 is 6.59. The first-order chi connectivity index (χ1) is 23.4. The van der Waals surface area contributed by atoms with Gasteiger partial charge in [0, 0.05) is 57.1 Å². The number of methoxy groups -OCH3 is 1. The van der Waals surface area contributed by atoms with Crippen LogP contribution in [-0.2, 0) is 31.8 Å². The maximum Gasteiger partial charge on any atom is 0.435 e. The molecule has 4 N–H and O–H groups in total. The molecule has 2 aliphatic rings. The van der Waals surface area contributed by atoms with Crippen molar-refractivity contribution in [2.24, 2.45) is 5.73 Å². The number of nitrogens with one attached hydrogen (secondary N) is 2. The minimum absolute atomic E-state index is 0.000153. The van der Waals surface area contributed by atoms with Crippen LogP contribution in [0.1, 0.15) is 22.5 Å². The van der Waals surface area contributed by atoms with Gasteiger partial charge in [-0.25, -0.2) is 14.8 Å². The molecule has 6 rings (SSSR count). The van der Waals surface area contributed by atoms with Crippen molar-refractivity contribution in [2.45, 2.75) is 31.4 Å². The van der Waals surface area contributed by atoms with E-state index in [0.717, 1.165) is 13.0 Å². The van der Waals surface area contributed by atoms with E-state index in [4.69, 9.17) is 26.8 Å². The van der Waals surface area contributed by atoms with Crippen molar-refractivity contribution in [3.8, 4) is 11.3 Å². The van der Waals surface area contributed by atoms with Crippen molar-refractivity contribution in [1.82, 2.24) is 39.3 Å². The normalized spacial score (nSPS) is 18.6. The first-order valence-corrected chi connectivity index (χ1v) is 15.6. The van der Waals surface area contributed by atoms with Crippen LogP contribution in [0.4, 0.5) is 24.7 Å². The number of hydrogen-bond donors (Lipinski definition) is 3. The van der Waals surface area contributed by atoms with E-state index in [0.29, 0.717) is 25.3 Å². The van der Waals surface area contributed by atoms with Crippen LogP contribution in [0.25, 0.3) is 16.9 Å². The number of nitrogens with two attached hydrogens (primary N) is 1. The Hall–Kier alpha value is -4.78. The Bertz CT molecular complexity index is 1880. The molecule has 49 heavy (non-hydrogen) atoms. The molecular formula is C30H32ClF3N10O5. The summed E-state index contributed by atoms with van der Waals surface area (Å²) in [5.41, 5.74) is 4.90. The Morgan fingerprint density at radius 1 is 1.20 bits per heavy atom. The highest BCUT2D eigenvalue weighted by Gasteiger charge is 2.39. The van der Waals surface area contributed by atoms with Crippen molar-refractivity contribution in [2.75, 3.05) is 51.8 Å². The second-order valence-corrected chi connectivity index (χ2v) is 11.8. The van der Waals surface area contributed by atoms with Crippen molar-refractivity contribution in [3.05, 3.63) is 59.3 Å². The molecule has 5 heterocycles. The number of nitrogens with zero attached hydrogens (tertiary/aromatic N) is 7. The number of imidazole rings is 1. The molecule has 2 amide bonds. The molecule has 2 atom stereocenters. The molecule has 3 aromatic heterocycles. The predicted molar refractivity (Wildman–Crippen MR) is 169 cm³/mol. The van der Waals surface area contributed by atoms with Gasteiger partial charge < -0.3 is 30.7 Å². The van der Waals surface area contributed by atoms with Gasteiger partial charge >= 0.3 is 18.1 Å². The summed E-state index contributed by atoms with van der Waals surface area (Å²) in [6.07, 6.45) is 0.727. The number of hydrogen-bond acceptors (Lipinski definition) is 11. The molecule has 260 valence electrons. The van der Waals surface area contributed by atoms with Crippen LogP contribution < -0.4 is 16.4 Å². The van der Waals surface area contributed by atoms with Gasteiger partial charge in [0.1, 0.15) is 0 Å². The molecule has 15 nitrogen and oxygen atoms in total. The third-order valence-corrected chi connectivity index (χ3v) is 8.64. The number of piperazine rings is 1. The highest BCUT2D eigenvalue weighted by atomic mass is 35.5. The number of anilines is 2. The lowest BCUT2D eigenvalue weighted by Crippen LogP contribution is -2.60. The molecule has 1 aromatic carbocycles. The van der Waals surface area contributed by atoms with Gasteiger partial charge in [0.25, 0.3) is 5.91 Å². The van der Waals surface area contributed by atoms with Gasteiger partial charge in [-0.15, -0.1) is 0 Å². The number of rotatable bonds is 9. The maximum absolute atomic E-state index is 13.9. The minimum Gasteiger partial charge on any atom is -0.437 e. The SMILES string of the molecule is COCCn1cc(-c2cnc3c(Nc4ccc(C(=O)N5CCN([C@H]6CCNC6)C(OC(=O)C(N)=O)C5)c(Cl)c4)nccn23)c(C(F)(F)F)n1. The number of primary amides is 1. The Balaban J connectivity index is 1.21. The Morgan fingerprint density at radius 2 is 2.02 bits per heavy atom. The molecule has 1 unspecified atom stereocenters. The van der Waals surface area contributed by atoms with E-state index in [9.17, 15) is 27.6 Å². The smallest absolute Gasteiger partial charge is 0.435 e. The number of ether oxygens (including phenoxy) is 2. The van der Waals surface area contributed by atoms with E-state index in [1.807, 2.05) is 4.90 Å². The Labute approximate surface area is 282 Å². The van der Waals surface area contributed by atoms with Crippen LogP contribution in [0.5, 0.6) is 0 Å². The highest BCUT2D eigenvalue weighted by molar-refractivity contribution is 6.34. The summed E-state index contributed by atoms with van der Waals surface area (Å²) in [7, 11) is 1.45. The van der Waals surface area contributed by atoms with Crippen LogP contribution in [-0.4, -0.2) is 110 Å². The molecule has 0 saturated carbocycles. The number of halogens is 4. The Morgan fingerprint density at radius 3 is 2.71 bits per heavy atom. The summed E-state index contributed by atoms with van der Waals surface area (Å²) in [6, 6.07) is 4.69. The number of alkyl halides is 3. The van der Waals surface area contributed by atoms with Gasteiger partial charge in [-0.1, -0.05) is 11.6 Å². The van der Waals surface area contributed by atoms with E-state index in [2.05, 4.69) is 25.7 Å². The second kappa shape index (κ2) is 14.0. The molecular weight excluding hydrogens is 673 g/mol. The number of aromatic nitrogens is 5. The van der Waals surface area contributed by atoms with Crippen LogP contribution in [0.3, 0.4) is 0 Å². The number of esters is 1. The first-order valence-electron chi connectivity index (χ1n) is 15.2. The fourth-order valence-corrected chi connectivity index (χ4v) is 6.24. The van der Waals surface area contributed by atoms with Crippen molar-refractivity contribution >= 4 is 46.5 Å². The van der Waals surface area contributed by atoms with E-state index >= 15 is 0 Å². The average Bonchev–Trinajstić information content (AvgIpc) is 3.84. The minimum atomic E-state index is -4.71. The second-order valence-electron chi connectivity index (χ2n) is 11.4. The average molecular weight is 705 g/mol. The topological polar surface area (TPSA) is 174 Å². The van der Waals surface area contributed by atoms with Crippen LogP contribution in [0, 0.1) is 0 Å². The number of carbonyl (C=O) groups excluding carboxylic acids is 3. The first kappa shape index (κ1) is 34.1. The fourth-order valence-electron chi connectivity index (χ4n) is 5.97. The molecule has 2 fully saturated rings. The van der Waals surface area contributed by atoms with E-state index in [1.165, 1.54) is 58.0 Å². The van der Waals surface area contributed by atoms with Crippen molar-refractivity contribution in [1.29, 1.82) is 0 Å². The monoisotopic (exact) mass is 704 g/mol. The lowest BCUT2D eigenvalue weighted by atomic mass is 10.1. The third-order valence-electron chi connectivity index (χ3n) is 8.33. The van der Waals surface area contributed by atoms with Crippen LogP contribution >= 0.6 is 11.6 Å². The zero-order valence-electron chi connectivity index (χ0n) is 26.1. The van der Waals surface area contributed by atoms with Crippen LogP contribution in [0.15, 0.2) is 43.0 Å². The fraction of sp³-hybridized carbons (Fsp3) is 0.400. The van der Waals surface area contributed by atoms with Crippen molar-refractivity contribution in [3.63, 3.8) is 0 Å². The largest absolute Gasteiger partial charge is 0.437 e. The third kappa shape index (κ3) is 7.17. The molecule has 19 heteroatoms. The van der Waals surface area contributed by atoms with Gasteiger partial charge in [-0.2, -0.15) is 18.3 Å². The van der Waals surface area contributed by atoms with Gasteiger partial charge in [0.05, 0.1) is 47.7 Å². The highest BCUT2D eigenvalue weighted by Crippen LogP contribution is 2.37. The summed E-state index contributed by atoms with van der Waals surface area (Å²) < 4.78 is 54.8. The van der Waals surface area contributed by atoms with Gasteiger partial charge in [-0.3, -0.25) is 23.6 Å². The van der Waals surface area contributed by atoms with Crippen LogP contribution in [0.2, 0.25) is 5.02 Å². The number of benzene rings is 1. The molecule has 0 spiro atoms. The quantitative estimate of drug-likeness (QED) is 0.172. The molecule has 0 radical (unpaired) electrons. The molecule has 2 saturated heterocycles. The van der Waals surface area contributed by atoms with Gasteiger partial charge in [0.15, 0.2) is 23.4 Å². The lowest BCUT2D eigenvalue weighted by Gasteiger charge is -2.43. The number of carbonyl (C=O) groups is 3. The number of fused-ring (bicyclic) bond motifs is 1. The summed E-state index contributed by atoms with van der Waals surface area (Å²) in [5, 5.41) is 10.2. The number of amides is 2. The molecule has 0 aliphatic carbocycles.